The van der Waals surface area contributed by atoms with Gasteiger partial charge in [-0.15, -0.1) is 0 Å². The Kier molecular flexibility index (Phi) is 5.01. The number of hydrogen-bond donors (Lipinski definition) is 3. The third kappa shape index (κ3) is 3.36. The fourth-order valence-corrected chi connectivity index (χ4v) is 3.90. The fraction of sp³-hybridized carbons (Fsp3) is 0.556. The average molecular weight is 343 g/mol. The first-order valence-corrected chi connectivity index (χ1v) is 8.94. The molecule has 0 bridgehead atoms. The lowest BCUT2D eigenvalue weighted by Crippen LogP contribution is -2.58. The van der Waals surface area contributed by atoms with Crippen LogP contribution in [0.2, 0.25) is 0 Å². The molecular formula is C18H25N5O2. The second kappa shape index (κ2) is 7.21. The molecule has 2 fully saturated rings. The Labute approximate surface area is 147 Å². The molecule has 0 aliphatic carbocycles. The number of nitrogens with zero attached hydrogens (tertiary/aromatic N) is 2. The van der Waals surface area contributed by atoms with Crippen molar-refractivity contribution in [3.05, 3.63) is 30.1 Å². The van der Waals surface area contributed by atoms with Crippen molar-refractivity contribution in [1.29, 1.82) is 5.41 Å². The van der Waals surface area contributed by atoms with E-state index in [4.69, 9.17) is 5.41 Å². The summed E-state index contributed by atoms with van der Waals surface area (Å²) < 4.78 is 0. The zero-order valence-electron chi connectivity index (χ0n) is 14.5. The Morgan fingerprint density at radius 3 is 2.84 bits per heavy atom. The summed E-state index contributed by atoms with van der Waals surface area (Å²) in [5, 5.41) is 13.5. The first kappa shape index (κ1) is 17.4. The highest BCUT2D eigenvalue weighted by molar-refractivity contribution is 6.08. The lowest BCUT2D eigenvalue weighted by atomic mass is 9.75. The monoisotopic (exact) mass is 343 g/mol. The lowest BCUT2D eigenvalue weighted by Gasteiger charge is -2.41. The molecule has 3 N–H and O–H groups in total. The minimum absolute atomic E-state index is 0.00133. The molecule has 3 rings (SSSR count). The number of nitrogens with one attached hydrogen (secondary N) is 3. The second-order valence-electron chi connectivity index (χ2n) is 6.86. The summed E-state index contributed by atoms with van der Waals surface area (Å²) in [7, 11) is 0. The largest absolute Gasteiger partial charge is 0.341 e. The number of aromatic nitrogens is 1. The van der Waals surface area contributed by atoms with Gasteiger partial charge in [0.1, 0.15) is 5.54 Å². The topological polar surface area (TPSA) is 98.2 Å². The summed E-state index contributed by atoms with van der Waals surface area (Å²) in [6.07, 6.45) is 7.53. The van der Waals surface area contributed by atoms with Crippen molar-refractivity contribution >= 4 is 17.8 Å². The number of piperidine rings is 1. The van der Waals surface area contributed by atoms with Gasteiger partial charge in [-0.05, 0) is 31.4 Å². The van der Waals surface area contributed by atoms with Gasteiger partial charge in [-0.3, -0.25) is 25.3 Å². The Morgan fingerprint density at radius 1 is 1.44 bits per heavy atom. The van der Waals surface area contributed by atoms with Crippen LogP contribution in [0.4, 0.5) is 0 Å². The molecule has 2 aliphatic heterocycles. The maximum absolute atomic E-state index is 12.8. The minimum Gasteiger partial charge on any atom is -0.341 e. The molecule has 25 heavy (non-hydrogen) atoms. The van der Waals surface area contributed by atoms with Gasteiger partial charge in [-0.1, -0.05) is 19.8 Å². The first-order valence-electron chi connectivity index (χ1n) is 8.94. The van der Waals surface area contributed by atoms with Crippen molar-refractivity contribution in [2.75, 3.05) is 13.1 Å². The van der Waals surface area contributed by atoms with Crippen molar-refractivity contribution in [3.63, 3.8) is 0 Å². The number of likely N-dealkylation sites (tertiary alicyclic amines) is 1. The van der Waals surface area contributed by atoms with Crippen LogP contribution in [0, 0.1) is 11.3 Å². The van der Waals surface area contributed by atoms with Gasteiger partial charge in [0.15, 0.2) is 5.96 Å². The molecule has 2 amide bonds. The molecule has 7 heteroatoms. The van der Waals surface area contributed by atoms with E-state index in [2.05, 4.69) is 22.5 Å². The van der Waals surface area contributed by atoms with Gasteiger partial charge < -0.3 is 10.2 Å². The Morgan fingerprint density at radius 2 is 2.20 bits per heavy atom. The van der Waals surface area contributed by atoms with Crippen LogP contribution in [-0.4, -0.2) is 46.3 Å². The van der Waals surface area contributed by atoms with Gasteiger partial charge in [-0.2, -0.15) is 0 Å². The van der Waals surface area contributed by atoms with Crippen molar-refractivity contribution in [3.8, 4) is 0 Å². The SMILES string of the molecule is CCCC[C@]1([C@@H]2CCCN(C(=O)c3ccncc3)C2)NC(=N)NC1=O. The van der Waals surface area contributed by atoms with E-state index in [1.54, 1.807) is 24.5 Å². The summed E-state index contributed by atoms with van der Waals surface area (Å²) in [4.78, 5) is 31.2. The van der Waals surface area contributed by atoms with Gasteiger partial charge >= 0.3 is 0 Å². The molecule has 0 saturated carbocycles. The summed E-state index contributed by atoms with van der Waals surface area (Å²) in [5.74, 6) is -0.0829. The van der Waals surface area contributed by atoms with Gasteiger partial charge in [0, 0.05) is 37.0 Å². The molecule has 134 valence electrons. The van der Waals surface area contributed by atoms with Crippen LogP contribution in [0.15, 0.2) is 24.5 Å². The Bertz CT molecular complexity index is 663. The van der Waals surface area contributed by atoms with Crippen molar-refractivity contribution in [2.24, 2.45) is 5.92 Å². The molecule has 0 unspecified atom stereocenters. The molecule has 7 nitrogen and oxygen atoms in total. The highest BCUT2D eigenvalue weighted by Gasteiger charge is 2.51. The molecule has 2 atom stereocenters. The zero-order chi connectivity index (χ0) is 17.9. The summed E-state index contributed by atoms with van der Waals surface area (Å²) >= 11 is 0. The van der Waals surface area contributed by atoms with Crippen LogP contribution in [0.3, 0.4) is 0 Å². The van der Waals surface area contributed by atoms with Crippen molar-refractivity contribution in [2.45, 2.75) is 44.6 Å². The zero-order valence-corrected chi connectivity index (χ0v) is 14.5. The van der Waals surface area contributed by atoms with Gasteiger partial charge in [-0.25, -0.2) is 0 Å². The molecule has 3 heterocycles. The number of carbonyl (C=O) groups is 2. The molecule has 1 aromatic heterocycles. The molecule has 0 radical (unpaired) electrons. The lowest BCUT2D eigenvalue weighted by molar-refractivity contribution is -0.127. The molecule has 1 aromatic rings. The number of unbranched alkanes of at least 4 members (excludes halogenated alkanes) is 1. The van der Waals surface area contributed by atoms with Gasteiger partial charge in [0.05, 0.1) is 0 Å². The highest BCUT2D eigenvalue weighted by atomic mass is 16.2. The van der Waals surface area contributed by atoms with E-state index < -0.39 is 5.54 Å². The number of carbonyl (C=O) groups excluding carboxylic acids is 2. The summed E-state index contributed by atoms with van der Waals surface area (Å²) in [6.45, 7) is 3.31. The van der Waals surface area contributed by atoms with E-state index in [9.17, 15) is 9.59 Å². The molecule has 2 saturated heterocycles. The Balaban J connectivity index is 1.80. The fourth-order valence-electron chi connectivity index (χ4n) is 3.90. The third-order valence-electron chi connectivity index (χ3n) is 5.25. The van der Waals surface area contributed by atoms with Crippen LogP contribution < -0.4 is 10.6 Å². The highest BCUT2D eigenvalue weighted by Crippen LogP contribution is 2.34. The minimum atomic E-state index is -0.774. The molecular weight excluding hydrogens is 318 g/mol. The van der Waals surface area contributed by atoms with Gasteiger partial charge in [0.2, 0.25) is 0 Å². The first-order chi connectivity index (χ1) is 12.1. The van der Waals surface area contributed by atoms with Gasteiger partial charge in [0.25, 0.3) is 11.8 Å². The average Bonchev–Trinajstić information content (AvgIpc) is 2.94. The molecule has 0 spiro atoms. The third-order valence-corrected chi connectivity index (χ3v) is 5.25. The number of rotatable bonds is 5. The maximum Gasteiger partial charge on any atom is 0.253 e. The van der Waals surface area contributed by atoms with E-state index in [1.165, 1.54) is 0 Å². The predicted molar refractivity (Wildman–Crippen MR) is 94.1 cm³/mol. The molecule has 2 aliphatic rings. The maximum atomic E-state index is 12.8. The summed E-state index contributed by atoms with van der Waals surface area (Å²) in [5.41, 5.74) is -0.153. The Hall–Kier alpha value is -2.44. The van der Waals surface area contributed by atoms with E-state index in [0.29, 0.717) is 25.1 Å². The standard InChI is InChI=1S/C18H25N5O2/c1-2-3-8-18(16(25)21-17(19)22-18)14-5-4-11-23(12-14)15(24)13-6-9-20-10-7-13/h6-7,9-10,14H,2-5,8,11-12H2,1H3,(H3,19,21,22,25)/t14-,18-/m1/s1. The number of guanidine groups is 1. The van der Waals surface area contributed by atoms with Crippen molar-refractivity contribution in [1.82, 2.24) is 20.5 Å². The second-order valence-corrected chi connectivity index (χ2v) is 6.86. The quantitative estimate of drug-likeness (QED) is 0.755. The number of pyridine rings is 1. The van der Waals surface area contributed by atoms with Crippen LogP contribution in [0.1, 0.15) is 49.4 Å². The van der Waals surface area contributed by atoms with Crippen LogP contribution in [-0.2, 0) is 4.79 Å². The normalized spacial score (nSPS) is 26.3. The number of amides is 2. The van der Waals surface area contributed by atoms with Crippen molar-refractivity contribution < 1.29 is 9.59 Å². The van der Waals surface area contributed by atoms with Crippen LogP contribution >= 0.6 is 0 Å². The smallest absolute Gasteiger partial charge is 0.253 e. The van der Waals surface area contributed by atoms with E-state index in [1.807, 2.05) is 4.90 Å². The molecule has 0 aromatic carbocycles. The van der Waals surface area contributed by atoms with E-state index in [-0.39, 0.29) is 23.7 Å². The summed E-state index contributed by atoms with van der Waals surface area (Å²) in [6, 6.07) is 3.43. The van der Waals surface area contributed by atoms with E-state index in [0.717, 1.165) is 25.7 Å². The van der Waals surface area contributed by atoms with Crippen LogP contribution in [0.25, 0.3) is 0 Å². The number of hydrogen-bond acceptors (Lipinski definition) is 4. The van der Waals surface area contributed by atoms with E-state index >= 15 is 0 Å². The van der Waals surface area contributed by atoms with Crippen LogP contribution in [0.5, 0.6) is 0 Å². The predicted octanol–water partition coefficient (Wildman–Crippen LogP) is 1.52.